The predicted octanol–water partition coefficient (Wildman–Crippen LogP) is 4.81. The van der Waals surface area contributed by atoms with Crippen LogP contribution in [-0.2, 0) is 0 Å². The fourth-order valence-electron chi connectivity index (χ4n) is 1.85. The van der Waals surface area contributed by atoms with Crippen molar-refractivity contribution in [3.8, 4) is 0 Å². The Morgan fingerprint density at radius 3 is 1.93 bits per heavy atom. The van der Waals surface area contributed by atoms with Gasteiger partial charge in [-0.25, -0.2) is 0 Å². The standard InChI is InChI=1S/C15H22/c1-6-11(2)12(3)13(4)14(5)15-9-7-8-10-15/h7-10,15H,6H2,1-5H3. The summed E-state index contributed by atoms with van der Waals surface area (Å²) < 4.78 is 0. The van der Waals surface area contributed by atoms with Crippen LogP contribution in [0.2, 0.25) is 0 Å². The van der Waals surface area contributed by atoms with Gasteiger partial charge in [-0.15, -0.1) is 0 Å². The van der Waals surface area contributed by atoms with Crippen molar-refractivity contribution in [1.82, 2.24) is 0 Å². The third-order valence-corrected chi connectivity index (χ3v) is 3.57. The fourth-order valence-corrected chi connectivity index (χ4v) is 1.85. The summed E-state index contributed by atoms with van der Waals surface area (Å²) in [7, 11) is 0. The molecule has 1 aliphatic rings. The van der Waals surface area contributed by atoms with Crippen molar-refractivity contribution in [1.29, 1.82) is 0 Å². The minimum Gasteiger partial charge on any atom is -0.0736 e. The van der Waals surface area contributed by atoms with Crippen molar-refractivity contribution < 1.29 is 0 Å². The van der Waals surface area contributed by atoms with Gasteiger partial charge < -0.3 is 0 Å². The first-order valence-corrected chi connectivity index (χ1v) is 5.77. The van der Waals surface area contributed by atoms with Crippen molar-refractivity contribution in [3.05, 3.63) is 46.6 Å². The number of hydrogen-bond donors (Lipinski definition) is 0. The highest BCUT2D eigenvalue weighted by atomic mass is 14.2. The zero-order valence-corrected chi connectivity index (χ0v) is 10.6. The molecule has 0 heteroatoms. The molecule has 1 rings (SSSR count). The lowest BCUT2D eigenvalue weighted by Gasteiger charge is -2.14. The summed E-state index contributed by atoms with van der Waals surface area (Å²) in [5.41, 5.74) is 5.89. The van der Waals surface area contributed by atoms with Crippen LogP contribution < -0.4 is 0 Å². The Labute approximate surface area is 94.1 Å². The van der Waals surface area contributed by atoms with Crippen molar-refractivity contribution in [2.45, 2.75) is 41.0 Å². The van der Waals surface area contributed by atoms with Crippen molar-refractivity contribution in [2.75, 3.05) is 0 Å². The Hall–Kier alpha value is -1.04. The lowest BCUT2D eigenvalue weighted by molar-refractivity contribution is 0.945. The topological polar surface area (TPSA) is 0 Å². The van der Waals surface area contributed by atoms with Gasteiger partial charge >= 0.3 is 0 Å². The molecular weight excluding hydrogens is 180 g/mol. The van der Waals surface area contributed by atoms with Crippen LogP contribution >= 0.6 is 0 Å². The van der Waals surface area contributed by atoms with E-state index >= 15 is 0 Å². The van der Waals surface area contributed by atoms with Gasteiger partial charge in [-0.1, -0.05) is 42.4 Å². The molecule has 0 N–H and O–H groups in total. The van der Waals surface area contributed by atoms with E-state index in [0.717, 1.165) is 6.42 Å². The molecule has 0 spiro atoms. The fraction of sp³-hybridized carbons (Fsp3) is 0.467. The zero-order valence-electron chi connectivity index (χ0n) is 10.6. The average Bonchev–Trinajstić information content (AvgIpc) is 2.78. The van der Waals surface area contributed by atoms with Gasteiger partial charge in [-0.3, -0.25) is 0 Å². The normalized spacial score (nSPS) is 19.3. The molecular formula is C15H22. The molecule has 0 saturated heterocycles. The number of hydrogen-bond acceptors (Lipinski definition) is 0. The summed E-state index contributed by atoms with van der Waals surface area (Å²) >= 11 is 0. The molecule has 15 heavy (non-hydrogen) atoms. The van der Waals surface area contributed by atoms with Crippen LogP contribution in [0.25, 0.3) is 0 Å². The third-order valence-electron chi connectivity index (χ3n) is 3.57. The van der Waals surface area contributed by atoms with Crippen LogP contribution in [0, 0.1) is 5.92 Å². The van der Waals surface area contributed by atoms with Gasteiger partial charge in [0.15, 0.2) is 0 Å². The lowest BCUT2D eigenvalue weighted by Crippen LogP contribution is -1.97. The van der Waals surface area contributed by atoms with Gasteiger partial charge in [0, 0.05) is 5.92 Å². The molecule has 0 aliphatic heterocycles. The molecule has 0 aromatic rings. The van der Waals surface area contributed by atoms with E-state index in [1.165, 1.54) is 22.3 Å². The van der Waals surface area contributed by atoms with Crippen LogP contribution in [-0.4, -0.2) is 0 Å². The van der Waals surface area contributed by atoms with Crippen LogP contribution in [0.4, 0.5) is 0 Å². The minimum absolute atomic E-state index is 0.518. The Balaban J connectivity index is 2.99. The van der Waals surface area contributed by atoms with Gasteiger partial charge in [-0.05, 0) is 45.3 Å². The third kappa shape index (κ3) is 2.71. The molecule has 1 aliphatic carbocycles. The number of allylic oxidation sites excluding steroid dienone is 8. The van der Waals surface area contributed by atoms with E-state index in [1.54, 1.807) is 0 Å². The quantitative estimate of drug-likeness (QED) is 0.576. The molecule has 0 aromatic carbocycles. The lowest BCUT2D eigenvalue weighted by atomic mass is 9.91. The zero-order chi connectivity index (χ0) is 11.4. The van der Waals surface area contributed by atoms with E-state index in [-0.39, 0.29) is 0 Å². The maximum atomic E-state index is 2.26. The maximum Gasteiger partial charge on any atom is 0.0166 e. The Bertz CT molecular complexity index is 336. The molecule has 0 fully saturated rings. The SMILES string of the molecule is CCC(C)=C(C)C(C)=C(C)C1C=CC=C1. The van der Waals surface area contributed by atoms with Crippen LogP contribution in [0.5, 0.6) is 0 Å². The summed E-state index contributed by atoms with van der Waals surface area (Å²) in [5.74, 6) is 0.518. The van der Waals surface area contributed by atoms with E-state index in [4.69, 9.17) is 0 Å². The highest BCUT2D eigenvalue weighted by molar-refractivity contribution is 5.40. The first-order chi connectivity index (χ1) is 7.07. The largest absolute Gasteiger partial charge is 0.0736 e. The Morgan fingerprint density at radius 1 is 0.933 bits per heavy atom. The molecule has 0 saturated carbocycles. The van der Waals surface area contributed by atoms with Crippen LogP contribution in [0.15, 0.2) is 46.6 Å². The van der Waals surface area contributed by atoms with E-state index in [0.29, 0.717) is 5.92 Å². The molecule has 0 bridgehead atoms. The van der Waals surface area contributed by atoms with E-state index in [1.807, 2.05) is 0 Å². The Morgan fingerprint density at radius 2 is 1.47 bits per heavy atom. The molecule has 0 radical (unpaired) electrons. The number of rotatable bonds is 3. The molecule has 82 valence electrons. The van der Waals surface area contributed by atoms with Gasteiger partial charge in [0.25, 0.3) is 0 Å². The molecule has 0 aromatic heterocycles. The maximum absolute atomic E-state index is 2.26. The smallest absolute Gasteiger partial charge is 0.0166 e. The van der Waals surface area contributed by atoms with Crippen molar-refractivity contribution in [3.63, 3.8) is 0 Å². The van der Waals surface area contributed by atoms with Crippen LogP contribution in [0.1, 0.15) is 41.0 Å². The minimum atomic E-state index is 0.518. The first kappa shape index (κ1) is 12.0. The second kappa shape index (κ2) is 5.16. The monoisotopic (exact) mass is 202 g/mol. The van der Waals surface area contributed by atoms with Gasteiger partial charge in [-0.2, -0.15) is 0 Å². The predicted molar refractivity (Wildman–Crippen MR) is 68.8 cm³/mol. The summed E-state index contributed by atoms with van der Waals surface area (Å²) in [6, 6.07) is 0. The highest BCUT2D eigenvalue weighted by Gasteiger charge is 2.10. The second-order valence-corrected chi connectivity index (χ2v) is 4.36. The van der Waals surface area contributed by atoms with Gasteiger partial charge in [0.05, 0.1) is 0 Å². The highest BCUT2D eigenvalue weighted by Crippen LogP contribution is 2.27. The molecule has 0 heterocycles. The Kier molecular flexibility index (Phi) is 4.14. The molecule has 0 atom stereocenters. The first-order valence-electron chi connectivity index (χ1n) is 5.77. The summed E-state index contributed by atoms with van der Waals surface area (Å²) in [4.78, 5) is 0. The molecule has 0 unspecified atom stereocenters. The summed E-state index contributed by atoms with van der Waals surface area (Å²) in [6.07, 6.45) is 9.92. The van der Waals surface area contributed by atoms with E-state index < -0.39 is 0 Å². The second-order valence-electron chi connectivity index (χ2n) is 4.36. The van der Waals surface area contributed by atoms with Gasteiger partial charge in [0.2, 0.25) is 0 Å². The summed E-state index contributed by atoms with van der Waals surface area (Å²) in [6.45, 7) is 11.2. The molecule has 0 nitrogen and oxygen atoms in total. The van der Waals surface area contributed by atoms with E-state index in [2.05, 4.69) is 58.9 Å². The molecule has 0 amide bonds. The van der Waals surface area contributed by atoms with Crippen molar-refractivity contribution in [2.24, 2.45) is 5.92 Å². The average molecular weight is 202 g/mol. The van der Waals surface area contributed by atoms with E-state index in [9.17, 15) is 0 Å². The summed E-state index contributed by atoms with van der Waals surface area (Å²) in [5, 5.41) is 0. The van der Waals surface area contributed by atoms with Crippen molar-refractivity contribution >= 4 is 0 Å². The van der Waals surface area contributed by atoms with Crippen LogP contribution in [0.3, 0.4) is 0 Å². The van der Waals surface area contributed by atoms with Gasteiger partial charge in [0.1, 0.15) is 0 Å².